The van der Waals surface area contributed by atoms with E-state index >= 15 is 0 Å². The minimum Gasteiger partial charge on any atom is -0.368 e. The standard InChI is InChI=1S/C7H10Cl7O4P/c8-1-2-16-5-19(15,17-3-6(9,10)11)18-4-7(12,13)14/h1-5H2. The number of ether oxygens (including phenoxy) is 1. The quantitative estimate of drug-likeness (QED) is 0.299. The Labute approximate surface area is 146 Å². The summed E-state index contributed by atoms with van der Waals surface area (Å²) >= 11 is 38.3. The first-order chi connectivity index (χ1) is 8.47. The maximum Gasteiger partial charge on any atom is 0.356 e. The Morgan fingerprint density at radius 1 is 0.895 bits per heavy atom. The molecule has 0 aromatic heterocycles. The van der Waals surface area contributed by atoms with Gasteiger partial charge in [0.15, 0.2) is 0 Å². The van der Waals surface area contributed by atoms with Crippen LogP contribution in [-0.4, -0.2) is 39.6 Å². The van der Waals surface area contributed by atoms with E-state index in [-0.39, 0.29) is 12.5 Å². The summed E-state index contributed by atoms with van der Waals surface area (Å²) in [4.78, 5) is 0. The fourth-order valence-electron chi connectivity index (χ4n) is 0.686. The molecule has 4 nitrogen and oxygen atoms in total. The monoisotopic (exact) mass is 434 g/mol. The highest BCUT2D eigenvalue weighted by atomic mass is 35.6. The van der Waals surface area contributed by atoms with Crippen LogP contribution in [0.1, 0.15) is 0 Å². The third-order valence-corrected chi connectivity index (χ3v) is 3.67. The lowest BCUT2D eigenvalue weighted by Gasteiger charge is -2.22. The molecule has 0 radical (unpaired) electrons. The second-order valence-corrected chi connectivity index (χ2v) is 10.5. The van der Waals surface area contributed by atoms with Crippen LogP contribution in [0, 0.1) is 0 Å². The van der Waals surface area contributed by atoms with Crippen molar-refractivity contribution in [3.63, 3.8) is 0 Å². The largest absolute Gasteiger partial charge is 0.368 e. The molecule has 0 fully saturated rings. The molecule has 0 atom stereocenters. The van der Waals surface area contributed by atoms with Gasteiger partial charge < -0.3 is 13.8 Å². The normalized spacial score (nSPS) is 13.8. The van der Waals surface area contributed by atoms with Crippen molar-refractivity contribution in [2.24, 2.45) is 0 Å². The molecule has 0 aromatic carbocycles. The predicted molar refractivity (Wildman–Crippen MR) is 81.6 cm³/mol. The summed E-state index contributed by atoms with van der Waals surface area (Å²) in [5.41, 5.74) is 0. The van der Waals surface area contributed by atoms with Crippen molar-refractivity contribution in [2.45, 2.75) is 7.59 Å². The van der Waals surface area contributed by atoms with E-state index in [4.69, 9.17) is 95.0 Å². The average Bonchev–Trinajstić information content (AvgIpc) is 2.23. The molecule has 0 aliphatic carbocycles. The second kappa shape index (κ2) is 9.32. The van der Waals surface area contributed by atoms with Gasteiger partial charge in [-0.1, -0.05) is 69.6 Å². The summed E-state index contributed by atoms with van der Waals surface area (Å²) in [5.74, 6) is 0.203. The van der Waals surface area contributed by atoms with Crippen molar-refractivity contribution in [2.75, 3.05) is 32.0 Å². The van der Waals surface area contributed by atoms with Crippen LogP contribution >= 0.6 is 88.8 Å². The van der Waals surface area contributed by atoms with Crippen molar-refractivity contribution in [3.05, 3.63) is 0 Å². The van der Waals surface area contributed by atoms with Crippen molar-refractivity contribution in [1.82, 2.24) is 0 Å². The van der Waals surface area contributed by atoms with Gasteiger partial charge in [0.25, 0.3) is 0 Å². The molecule has 0 heterocycles. The Bertz CT molecular complexity index is 281. The van der Waals surface area contributed by atoms with Crippen LogP contribution in [0.4, 0.5) is 0 Å². The maximum absolute atomic E-state index is 12.2. The van der Waals surface area contributed by atoms with E-state index in [0.29, 0.717) is 0 Å². The highest BCUT2D eigenvalue weighted by Gasteiger charge is 2.33. The van der Waals surface area contributed by atoms with Gasteiger partial charge in [0.1, 0.15) is 19.6 Å². The second-order valence-electron chi connectivity index (χ2n) is 3.11. The lowest BCUT2D eigenvalue weighted by atomic mass is 10.9. The van der Waals surface area contributed by atoms with E-state index in [1.807, 2.05) is 0 Å². The maximum atomic E-state index is 12.2. The van der Waals surface area contributed by atoms with E-state index in [1.165, 1.54) is 0 Å². The summed E-state index contributed by atoms with van der Waals surface area (Å²) in [6.07, 6.45) is -0.402. The molecular formula is C7H10Cl7O4P. The Hall–Kier alpha value is 2.14. The summed E-state index contributed by atoms with van der Waals surface area (Å²) in [7, 11) is -3.73. The molecule has 0 aliphatic rings. The lowest BCUT2D eigenvalue weighted by Crippen LogP contribution is -2.18. The molecule has 0 N–H and O–H groups in total. The van der Waals surface area contributed by atoms with Gasteiger partial charge >= 0.3 is 7.60 Å². The number of rotatable bonds is 8. The fourth-order valence-corrected chi connectivity index (χ4v) is 2.94. The van der Waals surface area contributed by atoms with Crippen LogP contribution in [-0.2, 0) is 18.3 Å². The molecular weight excluding hydrogens is 427 g/mol. The van der Waals surface area contributed by atoms with E-state index in [9.17, 15) is 4.57 Å². The van der Waals surface area contributed by atoms with Gasteiger partial charge in [0, 0.05) is 5.88 Å². The first-order valence-electron chi connectivity index (χ1n) is 4.63. The molecule has 12 heteroatoms. The van der Waals surface area contributed by atoms with Gasteiger partial charge in [-0.2, -0.15) is 0 Å². The Kier molecular flexibility index (Phi) is 10.4. The van der Waals surface area contributed by atoms with Crippen LogP contribution in [0.5, 0.6) is 0 Å². The molecule has 19 heavy (non-hydrogen) atoms. The minimum absolute atomic E-state index is 0.139. The lowest BCUT2D eigenvalue weighted by molar-refractivity contribution is 0.138. The smallest absolute Gasteiger partial charge is 0.356 e. The number of hydrogen-bond acceptors (Lipinski definition) is 4. The van der Waals surface area contributed by atoms with Gasteiger partial charge in [-0.15, -0.1) is 11.6 Å². The van der Waals surface area contributed by atoms with E-state index in [1.54, 1.807) is 0 Å². The fraction of sp³-hybridized carbons (Fsp3) is 1.00. The molecule has 0 saturated carbocycles. The molecule has 0 amide bonds. The summed E-state index contributed by atoms with van der Waals surface area (Å²) in [6, 6.07) is 0. The molecule has 116 valence electrons. The summed E-state index contributed by atoms with van der Waals surface area (Å²) < 4.78 is 23.5. The Morgan fingerprint density at radius 2 is 1.32 bits per heavy atom. The van der Waals surface area contributed by atoms with Crippen LogP contribution in [0.15, 0.2) is 0 Å². The van der Waals surface area contributed by atoms with Crippen LogP contribution in [0.3, 0.4) is 0 Å². The molecule has 0 spiro atoms. The van der Waals surface area contributed by atoms with Crippen molar-refractivity contribution in [1.29, 1.82) is 0 Å². The molecule has 0 aromatic rings. The highest BCUT2D eigenvalue weighted by molar-refractivity contribution is 7.53. The average molecular weight is 437 g/mol. The van der Waals surface area contributed by atoms with Crippen molar-refractivity contribution in [3.8, 4) is 0 Å². The predicted octanol–water partition coefficient (Wildman–Crippen LogP) is 5.17. The first kappa shape index (κ1) is 21.1. The van der Waals surface area contributed by atoms with Gasteiger partial charge in [0.2, 0.25) is 7.59 Å². The topological polar surface area (TPSA) is 44.8 Å². The highest BCUT2D eigenvalue weighted by Crippen LogP contribution is 2.51. The van der Waals surface area contributed by atoms with E-state index < -0.39 is 34.7 Å². The van der Waals surface area contributed by atoms with Crippen LogP contribution in [0.25, 0.3) is 0 Å². The number of alkyl halides is 7. The van der Waals surface area contributed by atoms with Gasteiger partial charge in [-0.3, -0.25) is 4.57 Å². The van der Waals surface area contributed by atoms with Crippen molar-refractivity contribution >= 4 is 88.8 Å². The minimum atomic E-state index is -3.73. The number of hydrogen-bond donors (Lipinski definition) is 0. The Balaban J connectivity index is 4.49. The van der Waals surface area contributed by atoms with E-state index in [2.05, 4.69) is 0 Å². The third kappa shape index (κ3) is 13.5. The third-order valence-electron chi connectivity index (χ3n) is 1.32. The molecule has 0 bridgehead atoms. The first-order valence-corrected chi connectivity index (χ1v) is 9.16. The molecule has 0 rings (SSSR count). The van der Waals surface area contributed by atoms with Crippen molar-refractivity contribution < 1.29 is 18.3 Å². The summed E-state index contributed by atoms with van der Waals surface area (Å²) in [6.45, 7) is -0.808. The molecule has 0 saturated heterocycles. The van der Waals surface area contributed by atoms with E-state index in [0.717, 1.165) is 0 Å². The van der Waals surface area contributed by atoms with Crippen LogP contribution in [0.2, 0.25) is 0 Å². The summed E-state index contributed by atoms with van der Waals surface area (Å²) in [5, 5.41) is 0. The zero-order valence-corrected chi connectivity index (χ0v) is 15.4. The van der Waals surface area contributed by atoms with Gasteiger partial charge in [0.05, 0.1) is 6.61 Å². The molecule has 0 aliphatic heterocycles. The Morgan fingerprint density at radius 3 is 1.63 bits per heavy atom. The SMILES string of the molecule is O=P(COCCCl)(OCC(Cl)(Cl)Cl)OCC(Cl)(Cl)Cl. The van der Waals surface area contributed by atoms with Crippen LogP contribution < -0.4 is 0 Å². The number of halogens is 7. The zero-order chi connectivity index (χ0) is 15.2. The zero-order valence-electron chi connectivity index (χ0n) is 9.26. The molecule has 0 unspecified atom stereocenters. The van der Waals surface area contributed by atoms with Gasteiger partial charge in [-0.25, -0.2) is 0 Å². The van der Waals surface area contributed by atoms with Gasteiger partial charge in [-0.05, 0) is 0 Å².